The van der Waals surface area contributed by atoms with Crippen LogP contribution >= 0.6 is 0 Å². The molecule has 2 N–H and O–H groups in total. The predicted octanol–water partition coefficient (Wildman–Crippen LogP) is 2.55. The average Bonchev–Trinajstić information content (AvgIpc) is 2.68. The summed E-state index contributed by atoms with van der Waals surface area (Å²) < 4.78 is 2.09. The molecule has 4 nitrogen and oxygen atoms in total. The molecule has 0 radical (unpaired) electrons. The number of carbonyl (C=O) groups is 1. The Bertz CT molecular complexity index is 589. The van der Waals surface area contributed by atoms with Crippen molar-refractivity contribution >= 4 is 16.9 Å². The molecule has 0 amide bonds. The average molecular weight is 260 g/mol. The molecule has 102 valence electrons. The van der Waals surface area contributed by atoms with E-state index in [1.807, 2.05) is 33.2 Å². The molecule has 2 atom stereocenters. The van der Waals surface area contributed by atoms with Gasteiger partial charge in [-0.1, -0.05) is 25.1 Å². The number of aryl methyl sites for hydroxylation is 1. The molecule has 0 aliphatic heterocycles. The summed E-state index contributed by atoms with van der Waals surface area (Å²) in [4.78, 5) is 10.9. The van der Waals surface area contributed by atoms with Crippen LogP contribution in [0.1, 0.15) is 24.9 Å². The molecule has 1 aromatic carbocycles. The third kappa shape index (κ3) is 2.63. The van der Waals surface area contributed by atoms with Gasteiger partial charge < -0.3 is 15.0 Å². The van der Waals surface area contributed by atoms with Crippen LogP contribution in [0.2, 0.25) is 0 Å². The zero-order chi connectivity index (χ0) is 14.0. The summed E-state index contributed by atoms with van der Waals surface area (Å²) in [6.45, 7) is 1.97. The fraction of sp³-hybridized carbons (Fsp3) is 0.400. The van der Waals surface area contributed by atoms with Crippen LogP contribution in [0.25, 0.3) is 10.9 Å². The third-order valence-corrected chi connectivity index (χ3v) is 3.64. The first-order valence-corrected chi connectivity index (χ1v) is 6.47. The molecular weight excluding hydrogens is 240 g/mol. The normalized spacial score (nSPS) is 14.5. The molecule has 0 aliphatic carbocycles. The lowest BCUT2D eigenvalue weighted by Crippen LogP contribution is -2.25. The first kappa shape index (κ1) is 13.6. The van der Waals surface area contributed by atoms with Crippen LogP contribution in [0.4, 0.5) is 0 Å². The van der Waals surface area contributed by atoms with Gasteiger partial charge >= 0.3 is 5.97 Å². The van der Waals surface area contributed by atoms with Crippen LogP contribution in [0.5, 0.6) is 0 Å². The molecule has 4 heteroatoms. The van der Waals surface area contributed by atoms with E-state index in [2.05, 4.69) is 28.2 Å². The maximum atomic E-state index is 10.9. The number of carboxylic acid groups (broad SMARTS) is 1. The largest absolute Gasteiger partial charge is 0.481 e. The summed E-state index contributed by atoms with van der Waals surface area (Å²) in [5.41, 5.74) is 2.33. The molecule has 0 saturated carbocycles. The molecule has 2 aromatic rings. The van der Waals surface area contributed by atoms with Gasteiger partial charge in [0.15, 0.2) is 0 Å². The van der Waals surface area contributed by atoms with Gasteiger partial charge in [-0.05, 0) is 24.6 Å². The third-order valence-electron chi connectivity index (χ3n) is 3.64. The fourth-order valence-electron chi connectivity index (χ4n) is 2.76. The van der Waals surface area contributed by atoms with Crippen molar-refractivity contribution in [2.45, 2.75) is 19.4 Å². The summed E-state index contributed by atoms with van der Waals surface area (Å²) in [5.74, 6) is -0.721. The van der Waals surface area contributed by atoms with Crippen LogP contribution in [0.15, 0.2) is 30.5 Å². The number of carboxylic acids is 1. The van der Waals surface area contributed by atoms with Crippen molar-refractivity contribution in [1.82, 2.24) is 9.88 Å². The SMILES string of the molecule is CNC(c1cn(C)c2ccccc12)C(C)CC(=O)O. The minimum absolute atomic E-state index is 0.0355. The Morgan fingerprint density at radius 1 is 1.42 bits per heavy atom. The summed E-state index contributed by atoms with van der Waals surface area (Å²) in [6.07, 6.45) is 2.25. The highest BCUT2D eigenvalue weighted by Crippen LogP contribution is 2.31. The lowest BCUT2D eigenvalue weighted by molar-refractivity contribution is -0.138. The fourth-order valence-corrected chi connectivity index (χ4v) is 2.76. The number of benzene rings is 1. The van der Waals surface area contributed by atoms with Crippen LogP contribution in [0, 0.1) is 5.92 Å². The second-order valence-electron chi connectivity index (χ2n) is 5.05. The molecule has 2 rings (SSSR count). The molecule has 1 aromatic heterocycles. The number of aromatic nitrogens is 1. The van der Waals surface area contributed by atoms with Gasteiger partial charge in [-0.2, -0.15) is 0 Å². The Labute approximate surface area is 113 Å². The zero-order valence-corrected chi connectivity index (χ0v) is 11.6. The molecule has 0 fully saturated rings. The minimum atomic E-state index is -0.756. The number of nitrogens with one attached hydrogen (secondary N) is 1. The van der Waals surface area contributed by atoms with Crippen LogP contribution in [-0.2, 0) is 11.8 Å². The molecule has 2 unspecified atom stereocenters. The summed E-state index contributed by atoms with van der Waals surface area (Å²) in [6, 6.07) is 8.24. The Balaban J connectivity index is 2.43. The molecule has 0 saturated heterocycles. The van der Waals surface area contributed by atoms with Gasteiger partial charge in [0.25, 0.3) is 0 Å². The monoisotopic (exact) mass is 260 g/mol. The molecule has 0 bridgehead atoms. The number of aliphatic carboxylic acids is 1. The van der Waals surface area contributed by atoms with E-state index in [4.69, 9.17) is 5.11 Å². The Morgan fingerprint density at radius 2 is 2.11 bits per heavy atom. The highest BCUT2D eigenvalue weighted by atomic mass is 16.4. The first-order chi connectivity index (χ1) is 9.04. The van der Waals surface area contributed by atoms with Crippen LogP contribution in [-0.4, -0.2) is 22.7 Å². The van der Waals surface area contributed by atoms with E-state index in [0.29, 0.717) is 0 Å². The number of para-hydroxylation sites is 1. The van der Waals surface area contributed by atoms with Crippen LogP contribution in [0.3, 0.4) is 0 Å². The van der Waals surface area contributed by atoms with Gasteiger partial charge in [0.2, 0.25) is 0 Å². The van der Waals surface area contributed by atoms with Gasteiger partial charge in [-0.3, -0.25) is 4.79 Å². The Morgan fingerprint density at radius 3 is 2.74 bits per heavy atom. The van der Waals surface area contributed by atoms with Crippen molar-refractivity contribution in [3.05, 3.63) is 36.0 Å². The quantitative estimate of drug-likeness (QED) is 0.868. The van der Waals surface area contributed by atoms with E-state index in [1.165, 1.54) is 10.9 Å². The summed E-state index contributed by atoms with van der Waals surface area (Å²) >= 11 is 0. The predicted molar refractivity (Wildman–Crippen MR) is 76.1 cm³/mol. The maximum Gasteiger partial charge on any atom is 0.303 e. The number of fused-ring (bicyclic) bond motifs is 1. The smallest absolute Gasteiger partial charge is 0.303 e. The topological polar surface area (TPSA) is 54.3 Å². The van der Waals surface area contributed by atoms with E-state index in [9.17, 15) is 4.79 Å². The van der Waals surface area contributed by atoms with E-state index in [1.54, 1.807) is 0 Å². The zero-order valence-electron chi connectivity index (χ0n) is 11.6. The maximum absolute atomic E-state index is 10.9. The first-order valence-electron chi connectivity index (χ1n) is 6.47. The lowest BCUT2D eigenvalue weighted by Gasteiger charge is -2.22. The molecular formula is C15H20N2O2. The molecule has 0 spiro atoms. The number of rotatable bonds is 5. The number of hydrogen-bond donors (Lipinski definition) is 2. The highest BCUT2D eigenvalue weighted by Gasteiger charge is 2.23. The second-order valence-corrected chi connectivity index (χ2v) is 5.05. The number of hydrogen-bond acceptors (Lipinski definition) is 2. The molecule has 19 heavy (non-hydrogen) atoms. The molecule has 0 aliphatic rings. The lowest BCUT2D eigenvalue weighted by atomic mass is 9.92. The number of nitrogens with zero attached hydrogens (tertiary/aromatic N) is 1. The minimum Gasteiger partial charge on any atom is -0.481 e. The van der Waals surface area contributed by atoms with Crippen molar-refractivity contribution in [2.24, 2.45) is 13.0 Å². The summed E-state index contributed by atoms with van der Waals surface area (Å²) in [7, 11) is 3.89. The van der Waals surface area contributed by atoms with Crippen molar-refractivity contribution in [3.63, 3.8) is 0 Å². The van der Waals surface area contributed by atoms with Gasteiger partial charge in [0, 0.05) is 36.6 Å². The van der Waals surface area contributed by atoms with Crippen molar-refractivity contribution in [2.75, 3.05) is 7.05 Å². The van der Waals surface area contributed by atoms with Gasteiger partial charge in [0.1, 0.15) is 0 Å². The van der Waals surface area contributed by atoms with Crippen molar-refractivity contribution in [1.29, 1.82) is 0 Å². The van der Waals surface area contributed by atoms with Crippen LogP contribution < -0.4 is 5.32 Å². The van der Waals surface area contributed by atoms with E-state index >= 15 is 0 Å². The van der Waals surface area contributed by atoms with E-state index in [-0.39, 0.29) is 18.4 Å². The van der Waals surface area contributed by atoms with E-state index in [0.717, 1.165) is 5.56 Å². The van der Waals surface area contributed by atoms with Gasteiger partial charge in [-0.25, -0.2) is 0 Å². The molecule has 1 heterocycles. The summed E-state index contributed by atoms with van der Waals surface area (Å²) in [5, 5.41) is 13.4. The highest BCUT2D eigenvalue weighted by molar-refractivity contribution is 5.84. The van der Waals surface area contributed by atoms with Crippen molar-refractivity contribution in [3.8, 4) is 0 Å². The van der Waals surface area contributed by atoms with E-state index < -0.39 is 5.97 Å². The second kappa shape index (κ2) is 5.45. The van der Waals surface area contributed by atoms with Gasteiger partial charge in [-0.15, -0.1) is 0 Å². The van der Waals surface area contributed by atoms with Gasteiger partial charge in [0.05, 0.1) is 0 Å². The standard InChI is InChI=1S/C15H20N2O2/c1-10(8-14(18)19)15(16-2)12-9-17(3)13-7-5-4-6-11(12)13/h4-7,9-10,15-16H,8H2,1-3H3,(H,18,19). The Hall–Kier alpha value is -1.81. The Kier molecular flexibility index (Phi) is 3.90. The van der Waals surface area contributed by atoms with Crippen molar-refractivity contribution < 1.29 is 9.90 Å².